The van der Waals surface area contributed by atoms with Gasteiger partial charge in [0.1, 0.15) is 0 Å². The van der Waals surface area contributed by atoms with E-state index in [1.165, 1.54) is 7.05 Å². The van der Waals surface area contributed by atoms with Gasteiger partial charge in [0, 0.05) is 19.5 Å². The molecule has 7 heteroatoms. The lowest BCUT2D eigenvalue weighted by atomic mass is 10.1. The highest BCUT2D eigenvalue weighted by atomic mass is 32.2. The summed E-state index contributed by atoms with van der Waals surface area (Å²) < 4.78 is 23.4. The number of carbonyl (C=O) groups is 1. The lowest BCUT2D eigenvalue weighted by Gasteiger charge is -2.25. The van der Waals surface area contributed by atoms with E-state index in [1.807, 2.05) is 6.92 Å². The maximum Gasteiger partial charge on any atom is 0.223 e. The fourth-order valence-electron chi connectivity index (χ4n) is 1.21. The van der Waals surface area contributed by atoms with E-state index in [1.54, 1.807) is 13.8 Å². The molecule has 0 spiro atoms. The second kappa shape index (κ2) is 7.06. The Morgan fingerprint density at radius 2 is 1.89 bits per heavy atom. The molecule has 0 heterocycles. The predicted molar refractivity (Wildman–Crippen MR) is 70.5 cm³/mol. The van der Waals surface area contributed by atoms with Gasteiger partial charge in [-0.05, 0) is 13.3 Å². The first-order valence-corrected chi connectivity index (χ1v) is 7.84. The molecule has 0 fully saturated rings. The molecule has 0 aliphatic carbocycles. The van der Waals surface area contributed by atoms with Crippen LogP contribution in [0, 0.1) is 5.92 Å². The van der Waals surface area contributed by atoms with Crippen molar-refractivity contribution in [3.63, 3.8) is 0 Å². The lowest BCUT2D eigenvalue weighted by molar-refractivity contribution is -0.126. The van der Waals surface area contributed by atoms with Crippen molar-refractivity contribution in [1.82, 2.24) is 9.62 Å². The molecule has 0 radical (unpaired) electrons. The first-order valence-electron chi connectivity index (χ1n) is 5.99. The van der Waals surface area contributed by atoms with Gasteiger partial charge in [0.25, 0.3) is 0 Å². The summed E-state index contributed by atoms with van der Waals surface area (Å²) >= 11 is 0. The smallest absolute Gasteiger partial charge is 0.223 e. The number of aliphatic hydroxyl groups is 1. The molecule has 108 valence electrons. The summed E-state index contributed by atoms with van der Waals surface area (Å²) in [6.07, 6.45) is 0.859. The van der Waals surface area contributed by atoms with Gasteiger partial charge in [-0.1, -0.05) is 13.8 Å². The zero-order valence-electron chi connectivity index (χ0n) is 11.7. The van der Waals surface area contributed by atoms with Gasteiger partial charge in [-0.3, -0.25) is 4.79 Å². The molecule has 0 rings (SSSR count). The van der Waals surface area contributed by atoms with Crippen molar-refractivity contribution in [2.24, 2.45) is 5.92 Å². The zero-order valence-corrected chi connectivity index (χ0v) is 12.5. The van der Waals surface area contributed by atoms with Crippen molar-refractivity contribution >= 4 is 15.9 Å². The number of amides is 1. The Bertz CT molecular complexity index is 369. The minimum absolute atomic E-state index is 0.0409. The van der Waals surface area contributed by atoms with Crippen molar-refractivity contribution in [2.75, 3.05) is 19.8 Å². The Hall–Kier alpha value is -0.660. The molecule has 0 aromatic carbocycles. The Labute approximate surface area is 109 Å². The highest BCUT2D eigenvalue weighted by Crippen LogP contribution is 2.04. The lowest BCUT2D eigenvalue weighted by Crippen LogP contribution is -2.48. The van der Waals surface area contributed by atoms with Crippen LogP contribution in [-0.2, 0) is 14.8 Å². The van der Waals surface area contributed by atoms with Gasteiger partial charge in [0.05, 0.1) is 18.4 Å². The van der Waals surface area contributed by atoms with E-state index in [0.29, 0.717) is 0 Å². The van der Waals surface area contributed by atoms with Crippen molar-refractivity contribution in [3.8, 4) is 0 Å². The van der Waals surface area contributed by atoms with E-state index in [2.05, 4.69) is 5.32 Å². The van der Waals surface area contributed by atoms with E-state index < -0.39 is 22.2 Å². The third-order valence-electron chi connectivity index (χ3n) is 3.02. The molecule has 0 aromatic heterocycles. The molecule has 3 atom stereocenters. The fraction of sp³-hybridized carbons (Fsp3) is 0.909. The molecular weight excluding hydrogens is 256 g/mol. The molecule has 6 nitrogen and oxygen atoms in total. The maximum atomic E-state index is 11.6. The molecule has 0 saturated carbocycles. The monoisotopic (exact) mass is 280 g/mol. The average molecular weight is 280 g/mol. The van der Waals surface area contributed by atoms with Crippen molar-refractivity contribution in [1.29, 1.82) is 0 Å². The standard InChI is InChI=1S/C11H24N2O4S/c1-6-8(2)11(15)12-9(3)10(14)7-13(4)18(5,16)17/h8-10,14H,6-7H2,1-5H3,(H,12,15). The van der Waals surface area contributed by atoms with E-state index in [4.69, 9.17) is 0 Å². The average Bonchev–Trinajstić information content (AvgIpc) is 2.26. The number of rotatable bonds is 7. The van der Waals surface area contributed by atoms with Gasteiger partial charge < -0.3 is 10.4 Å². The fourth-order valence-corrected chi connectivity index (χ4v) is 1.63. The Morgan fingerprint density at radius 3 is 2.28 bits per heavy atom. The number of aliphatic hydroxyl groups excluding tert-OH is 1. The number of hydrogen-bond acceptors (Lipinski definition) is 4. The maximum absolute atomic E-state index is 11.6. The molecular formula is C11H24N2O4S. The first-order chi connectivity index (χ1) is 8.09. The van der Waals surface area contributed by atoms with Gasteiger partial charge in [-0.15, -0.1) is 0 Å². The van der Waals surface area contributed by atoms with Crippen molar-refractivity contribution < 1.29 is 18.3 Å². The summed E-state index contributed by atoms with van der Waals surface area (Å²) in [5, 5.41) is 12.5. The third-order valence-corrected chi connectivity index (χ3v) is 4.30. The molecule has 1 amide bonds. The van der Waals surface area contributed by atoms with E-state index >= 15 is 0 Å². The molecule has 3 unspecified atom stereocenters. The highest BCUT2D eigenvalue weighted by Gasteiger charge is 2.23. The first kappa shape index (κ1) is 17.3. The number of sulfonamides is 1. The predicted octanol–water partition coefficient (Wildman–Crippen LogP) is -0.210. The number of nitrogens with zero attached hydrogens (tertiary/aromatic N) is 1. The summed E-state index contributed by atoms with van der Waals surface area (Å²) in [5.74, 6) is -0.252. The van der Waals surface area contributed by atoms with E-state index in [0.717, 1.165) is 17.0 Å². The van der Waals surface area contributed by atoms with Crippen LogP contribution in [0.3, 0.4) is 0 Å². The SMILES string of the molecule is CCC(C)C(=O)NC(C)C(O)CN(C)S(C)(=O)=O. The quantitative estimate of drug-likeness (QED) is 0.675. The van der Waals surface area contributed by atoms with Crippen LogP contribution in [0.15, 0.2) is 0 Å². The highest BCUT2D eigenvalue weighted by molar-refractivity contribution is 7.88. The van der Waals surface area contributed by atoms with Crippen LogP contribution in [0.5, 0.6) is 0 Å². The second-order valence-corrected chi connectivity index (χ2v) is 6.81. The van der Waals surface area contributed by atoms with E-state index in [9.17, 15) is 18.3 Å². The summed E-state index contributed by atoms with van der Waals surface area (Å²) in [6.45, 7) is 5.32. The molecule has 0 bridgehead atoms. The minimum Gasteiger partial charge on any atom is -0.390 e. The summed E-state index contributed by atoms with van der Waals surface area (Å²) in [6, 6.07) is -0.490. The number of likely N-dealkylation sites (N-methyl/N-ethyl adjacent to an activating group) is 1. The van der Waals surface area contributed by atoms with E-state index in [-0.39, 0.29) is 18.4 Å². The second-order valence-electron chi connectivity index (χ2n) is 4.72. The molecule has 0 aromatic rings. The zero-order chi connectivity index (χ0) is 14.5. The Kier molecular flexibility index (Phi) is 6.80. The van der Waals surface area contributed by atoms with Crippen LogP contribution in [0.4, 0.5) is 0 Å². The van der Waals surface area contributed by atoms with Crippen molar-refractivity contribution in [3.05, 3.63) is 0 Å². The summed E-state index contributed by atoms with van der Waals surface area (Å²) in [5.41, 5.74) is 0. The normalized spacial score (nSPS) is 17.3. The molecule has 0 aliphatic heterocycles. The van der Waals surface area contributed by atoms with Crippen LogP contribution < -0.4 is 5.32 Å². The Balaban J connectivity index is 4.36. The molecule has 0 saturated heterocycles. The van der Waals surface area contributed by atoms with Gasteiger partial charge >= 0.3 is 0 Å². The van der Waals surface area contributed by atoms with Crippen LogP contribution in [-0.4, -0.2) is 55.7 Å². The van der Waals surface area contributed by atoms with Crippen LogP contribution in [0.1, 0.15) is 27.2 Å². The molecule has 0 aliphatic rings. The van der Waals surface area contributed by atoms with Crippen LogP contribution in [0.25, 0.3) is 0 Å². The van der Waals surface area contributed by atoms with Crippen LogP contribution in [0.2, 0.25) is 0 Å². The van der Waals surface area contributed by atoms with Gasteiger partial charge in [0.15, 0.2) is 0 Å². The number of hydrogen-bond donors (Lipinski definition) is 2. The Morgan fingerprint density at radius 1 is 1.39 bits per heavy atom. The number of carbonyl (C=O) groups excluding carboxylic acids is 1. The minimum atomic E-state index is -3.32. The molecule has 18 heavy (non-hydrogen) atoms. The molecule has 2 N–H and O–H groups in total. The van der Waals surface area contributed by atoms with Crippen molar-refractivity contribution in [2.45, 2.75) is 39.3 Å². The van der Waals surface area contributed by atoms with Gasteiger partial charge in [0.2, 0.25) is 15.9 Å². The summed E-state index contributed by atoms with van der Waals surface area (Å²) in [7, 11) is -1.93. The van der Waals surface area contributed by atoms with Gasteiger partial charge in [-0.2, -0.15) is 0 Å². The van der Waals surface area contributed by atoms with Gasteiger partial charge in [-0.25, -0.2) is 12.7 Å². The van der Waals surface area contributed by atoms with Crippen LogP contribution >= 0.6 is 0 Å². The number of nitrogens with one attached hydrogen (secondary N) is 1. The summed E-state index contributed by atoms with van der Waals surface area (Å²) in [4.78, 5) is 11.6. The third kappa shape index (κ3) is 5.79. The topological polar surface area (TPSA) is 86.7 Å². The largest absolute Gasteiger partial charge is 0.390 e.